The summed E-state index contributed by atoms with van der Waals surface area (Å²) in [6.45, 7) is 0.632. The van der Waals surface area contributed by atoms with Crippen LogP contribution in [-0.4, -0.2) is 29.8 Å². The van der Waals surface area contributed by atoms with E-state index in [0.717, 1.165) is 6.29 Å². The van der Waals surface area contributed by atoms with Crippen LogP contribution in [0.4, 0.5) is 0 Å². The summed E-state index contributed by atoms with van der Waals surface area (Å²) in [6, 6.07) is 31.5. The molecule has 0 atom stereocenters. The molecule has 1 heterocycles. The number of carbonyl (C=O) groups is 1. The van der Waals surface area contributed by atoms with Gasteiger partial charge in [-0.3, -0.25) is 4.79 Å². The molecule has 3 nitrogen and oxygen atoms in total. The van der Waals surface area contributed by atoms with Crippen LogP contribution >= 0.6 is 0 Å². The molecule has 27 heavy (non-hydrogen) atoms. The predicted octanol–water partition coefficient (Wildman–Crippen LogP) is 4.22. The van der Waals surface area contributed by atoms with Gasteiger partial charge in [0.2, 0.25) is 0 Å². The number of aldehydes is 1. The third kappa shape index (κ3) is 2.81. The van der Waals surface area contributed by atoms with Crippen molar-refractivity contribution in [3.63, 3.8) is 0 Å². The first-order chi connectivity index (χ1) is 13.3. The molecular formula is C24H22N2O. The molecule has 0 saturated heterocycles. The summed E-state index contributed by atoms with van der Waals surface area (Å²) in [7, 11) is 1.95. The lowest BCUT2D eigenvalue weighted by Gasteiger charge is -2.44. The number of hydrogen-bond acceptors (Lipinski definition) is 3. The number of nitrogens with zero attached hydrogens (tertiary/aromatic N) is 2. The summed E-state index contributed by atoms with van der Waals surface area (Å²) in [6.07, 6.45) is 2.89. The van der Waals surface area contributed by atoms with Gasteiger partial charge in [0.05, 0.1) is 12.4 Å². The van der Waals surface area contributed by atoms with Gasteiger partial charge in [-0.05, 0) is 16.7 Å². The van der Waals surface area contributed by atoms with E-state index in [1.807, 2.05) is 36.3 Å². The molecule has 4 rings (SSSR count). The van der Waals surface area contributed by atoms with Crippen LogP contribution in [0.5, 0.6) is 0 Å². The van der Waals surface area contributed by atoms with Crippen molar-refractivity contribution in [3.8, 4) is 0 Å². The fourth-order valence-corrected chi connectivity index (χ4v) is 3.97. The van der Waals surface area contributed by atoms with Crippen molar-refractivity contribution in [1.82, 2.24) is 9.80 Å². The van der Waals surface area contributed by atoms with Gasteiger partial charge in [-0.1, -0.05) is 91.0 Å². The van der Waals surface area contributed by atoms with Crippen LogP contribution in [0.1, 0.15) is 16.7 Å². The minimum absolute atomic E-state index is 0.525. The van der Waals surface area contributed by atoms with Crippen molar-refractivity contribution in [3.05, 3.63) is 120 Å². The smallest absolute Gasteiger partial charge is 0.167 e. The molecule has 0 unspecified atom stereocenters. The normalized spacial score (nSPS) is 14.2. The number of hydrogen-bond donors (Lipinski definition) is 0. The number of rotatable bonds is 5. The van der Waals surface area contributed by atoms with Gasteiger partial charge < -0.3 is 9.80 Å². The molecule has 1 aliphatic rings. The summed E-state index contributed by atoms with van der Waals surface area (Å²) < 4.78 is 0. The Bertz CT molecular complexity index is 839. The molecule has 0 radical (unpaired) electrons. The molecule has 0 spiro atoms. The second-order valence-corrected chi connectivity index (χ2v) is 6.79. The highest BCUT2D eigenvalue weighted by Crippen LogP contribution is 2.44. The highest BCUT2D eigenvalue weighted by molar-refractivity contribution is 5.73. The molecular weight excluding hydrogens is 332 g/mol. The van der Waals surface area contributed by atoms with Crippen LogP contribution in [0.3, 0.4) is 0 Å². The van der Waals surface area contributed by atoms with Gasteiger partial charge in [0.15, 0.2) is 6.29 Å². The lowest BCUT2D eigenvalue weighted by Crippen LogP contribution is -2.46. The molecule has 3 heteroatoms. The molecule has 0 fully saturated rings. The van der Waals surface area contributed by atoms with Crippen molar-refractivity contribution >= 4 is 6.29 Å². The maximum atomic E-state index is 11.6. The first kappa shape index (κ1) is 17.1. The quantitative estimate of drug-likeness (QED) is 0.506. The van der Waals surface area contributed by atoms with Gasteiger partial charge in [-0.25, -0.2) is 0 Å². The number of benzene rings is 3. The van der Waals surface area contributed by atoms with E-state index in [1.165, 1.54) is 16.7 Å². The minimum Gasteiger partial charge on any atom is -0.353 e. The Hall–Kier alpha value is -3.33. The topological polar surface area (TPSA) is 23.6 Å². The molecule has 0 aromatic heterocycles. The third-order valence-corrected chi connectivity index (χ3v) is 5.22. The third-order valence-electron chi connectivity index (χ3n) is 5.22. The number of allylic oxidation sites excluding steroid dienone is 1. The van der Waals surface area contributed by atoms with E-state index in [0.29, 0.717) is 12.4 Å². The first-order valence-corrected chi connectivity index (χ1v) is 9.08. The standard InChI is InChI=1S/C24H22N2O/c1-25-19-26(17-23(25)18-27)24(20-11-5-2-6-12-20,21-13-7-3-8-14-21)22-15-9-4-10-16-22/h2-18H,19H2,1H3. The Morgan fingerprint density at radius 3 is 1.48 bits per heavy atom. The average Bonchev–Trinajstić information content (AvgIpc) is 3.12. The van der Waals surface area contributed by atoms with Gasteiger partial charge in [0, 0.05) is 13.2 Å². The van der Waals surface area contributed by atoms with Gasteiger partial charge in [-0.15, -0.1) is 0 Å². The Balaban J connectivity index is 2.05. The van der Waals surface area contributed by atoms with Gasteiger partial charge in [-0.2, -0.15) is 0 Å². The summed E-state index contributed by atoms with van der Waals surface area (Å²) in [4.78, 5) is 15.8. The van der Waals surface area contributed by atoms with Crippen LogP contribution in [0, 0.1) is 0 Å². The summed E-state index contributed by atoms with van der Waals surface area (Å²) in [5.74, 6) is 0. The zero-order valence-corrected chi connectivity index (χ0v) is 15.3. The van der Waals surface area contributed by atoms with Gasteiger partial charge in [0.25, 0.3) is 0 Å². The SMILES string of the molecule is CN1CN(C(c2ccccc2)(c2ccccc2)c2ccccc2)C=C1C=O. The summed E-state index contributed by atoms with van der Waals surface area (Å²) >= 11 is 0. The minimum atomic E-state index is -0.525. The Labute approximate surface area is 160 Å². The van der Waals surface area contributed by atoms with Crippen LogP contribution in [0.2, 0.25) is 0 Å². The molecule has 0 aliphatic carbocycles. The van der Waals surface area contributed by atoms with Crippen molar-refractivity contribution in [1.29, 1.82) is 0 Å². The molecule has 0 bridgehead atoms. The van der Waals surface area contributed by atoms with E-state index in [2.05, 4.69) is 77.7 Å². The first-order valence-electron chi connectivity index (χ1n) is 9.08. The van der Waals surface area contributed by atoms with Crippen molar-refractivity contribution in [2.45, 2.75) is 5.54 Å². The lowest BCUT2D eigenvalue weighted by molar-refractivity contribution is -0.105. The highest BCUT2D eigenvalue weighted by Gasteiger charge is 2.43. The summed E-state index contributed by atoms with van der Waals surface area (Å²) in [5, 5.41) is 0. The fourth-order valence-electron chi connectivity index (χ4n) is 3.97. The van der Waals surface area contributed by atoms with Crippen LogP contribution in [0.25, 0.3) is 0 Å². The van der Waals surface area contributed by atoms with Crippen LogP contribution < -0.4 is 0 Å². The maximum absolute atomic E-state index is 11.6. The molecule has 0 saturated carbocycles. The number of carbonyl (C=O) groups excluding carboxylic acids is 1. The summed E-state index contributed by atoms with van der Waals surface area (Å²) in [5.41, 5.74) is 3.66. The zero-order chi connectivity index (χ0) is 18.7. The molecule has 0 N–H and O–H groups in total. The maximum Gasteiger partial charge on any atom is 0.167 e. The second kappa shape index (κ2) is 7.12. The van der Waals surface area contributed by atoms with Crippen molar-refractivity contribution < 1.29 is 4.79 Å². The second-order valence-electron chi connectivity index (χ2n) is 6.79. The van der Waals surface area contributed by atoms with E-state index in [4.69, 9.17) is 0 Å². The Morgan fingerprint density at radius 2 is 1.15 bits per heavy atom. The molecule has 3 aromatic rings. The van der Waals surface area contributed by atoms with E-state index < -0.39 is 5.54 Å². The largest absolute Gasteiger partial charge is 0.353 e. The Kier molecular flexibility index (Phi) is 4.51. The van der Waals surface area contributed by atoms with Gasteiger partial charge >= 0.3 is 0 Å². The predicted molar refractivity (Wildman–Crippen MR) is 108 cm³/mol. The molecule has 3 aromatic carbocycles. The van der Waals surface area contributed by atoms with E-state index in [9.17, 15) is 4.79 Å². The molecule has 134 valence electrons. The fraction of sp³-hybridized carbons (Fsp3) is 0.125. The zero-order valence-electron chi connectivity index (χ0n) is 15.3. The van der Waals surface area contributed by atoms with Gasteiger partial charge in [0.1, 0.15) is 5.54 Å². The monoisotopic (exact) mass is 354 g/mol. The van der Waals surface area contributed by atoms with E-state index in [1.54, 1.807) is 0 Å². The van der Waals surface area contributed by atoms with E-state index in [-0.39, 0.29) is 0 Å². The molecule has 0 amide bonds. The average molecular weight is 354 g/mol. The van der Waals surface area contributed by atoms with Crippen molar-refractivity contribution in [2.24, 2.45) is 0 Å². The number of likely N-dealkylation sites (N-methyl/N-ethyl adjacent to an activating group) is 1. The Morgan fingerprint density at radius 1 is 0.741 bits per heavy atom. The van der Waals surface area contributed by atoms with Crippen LogP contribution in [0.15, 0.2) is 103 Å². The van der Waals surface area contributed by atoms with Crippen LogP contribution in [-0.2, 0) is 10.3 Å². The lowest BCUT2D eigenvalue weighted by atomic mass is 9.76. The van der Waals surface area contributed by atoms with E-state index >= 15 is 0 Å². The highest BCUT2D eigenvalue weighted by atomic mass is 16.1. The van der Waals surface area contributed by atoms with Crippen molar-refractivity contribution in [2.75, 3.05) is 13.7 Å². The molecule has 1 aliphatic heterocycles.